The molecule has 0 aliphatic rings. The second-order valence-electron chi connectivity index (χ2n) is 6.62. The first-order valence-corrected chi connectivity index (χ1v) is 10.7. The fourth-order valence-electron chi connectivity index (χ4n) is 2.88. The van der Waals surface area contributed by atoms with Crippen molar-refractivity contribution >= 4 is 32.5 Å². The summed E-state index contributed by atoms with van der Waals surface area (Å²) in [7, 11) is 2.89. The van der Waals surface area contributed by atoms with Crippen molar-refractivity contribution in [3.63, 3.8) is 0 Å². The first-order chi connectivity index (χ1) is 13.8. The van der Waals surface area contributed by atoms with Gasteiger partial charge in [-0.3, -0.25) is 0 Å². The Morgan fingerprint density at radius 3 is 2.38 bits per heavy atom. The highest BCUT2D eigenvalue weighted by atomic mass is 35.5. The summed E-state index contributed by atoms with van der Waals surface area (Å²) in [5, 5.41) is 1.09. The van der Waals surface area contributed by atoms with Gasteiger partial charge in [0, 0.05) is 23.0 Å². The molecule has 7 nitrogen and oxygen atoms in total. The van der Waals surface area contributed by atoms with Gasteiger partial charge in [-0.15, -0.1) is 0 Å². The molecule has 0 atom stereocenters. The van der Waals surface area contributed by atoms with Crippen molar-refractivity contribution in [1.82, 2.24) is 8.87 Å². The van der Waals surface area contributed by atoms with E-state index in [1.807, 2.05) is 19.0 Å². The minimum atomic E-state index is -3.93. The minimum Gasteiger partial charge on any atom is -0.493 e. The fourth-order valence-corrected chi connectivity index (χ4v) is 4.42. The van der Waals surface area contributed by atoms with Crippen LogP contribution in [0.3, 0.4) is 0 Å². The van der Waals surface area contributed by atoms with Crippen LogP contribution in [-0.4, -0.2) is 58.8 Å². The molecule has 0 aliphatic heterocycles. The highest BCUT2D eigenvalue weighted by Gasteiger charge is 2.24. The zero-order valence-corrected chi connectivity index (χ0v) is 18.2. The largest absolute Gasteiger partial charge is 0.493 e. The summed E-state index contributed by atoms with van der Waals surface area (Å²) in [5.41, 5.74) is 0.437. The summed E-state index contributed by atoms with van der Waals surface area (Å²) in [5.74, 6) is 1.24. The van der Waals surface area contributed by atoms with Crippen LogP contribution in [0.4, 0.5) is 0 Å². The molecular formula is C20H23ClN2O5S. The van der Waals surface area contributed by atoms with Crippen LogP contribution in [0.25, 0.3) is 10.9 Å². The van der Waals surface area contributed by atoms with Gasteiger partial charge in [0.05, 0.1) is 30.8 Å². The number of aromatic nitrogens is 1. The van der Waals surface area contributed by atoms with Gasteiger partial charge >= 0.3 is 0 Å². The van der Waals surface area contributed by atoms with Gasteiger partial charge in [-0.05, 0) is 44.4 Å². The molecule has 0 fully saturated rings. The smallest absolute Gasteiger partial charge is 0.268 e. The van der Waals surface area contributed by atoms with Crippen molar-refractivity contribution in [3.05, 3.63) is 47.6 Å². The average Bonchev–Trinajstić information content (AvgIpc) is 3.05. The molecule has 0 radical (unpaired) electrons. The summed E-state index contributed by atoms with van der Waals surface area (Å²) in [4.78, 5) is 2.04. The number of nitrogens with zero attached hydrogens (tertiary/aromatic N) is 2. The number of ether oxygens (including phenoxy) is 3. The molecule has 1 aromatic heterocycles. The molecule has 0 spiro atoms. The number of hydrogen-bond acceptors (Lipinski definition) is 6. The van der Waals surface area contributed by atoms with Crippen LogP contribution in [0.15, 0.2) is 47.5 Å². The number of benzene rings is 2. The Kier molecular flexibility index (Phi) is 6.26. The second kappa shape index (κ2) is 8.52. The standard InChI is InChI=1S/C20H23ClN2O5S/c1-22(2)9-10-28-20-13-23(17-11-14(21)5-7-16(17)20)29(24,25)15-6-8-18(26-3)19(12-15)27-4/h5-8,11-13H,9-10H2,1-4H3. The van der Waals surface area contributed by atoms with Gasteiger partial charge in [-0.1, -0.05) is 11.6 Å². The van der Waals surface area contributed by atoms with E-state index >= 15 is 0 Å². The molecule has 0 aliphatic carbocycles. The summed E-state index contributed by atoms with van der Waals surface area (Å²) in [6, 6.07) is 9.52. The van der Waals surface area contributed by atoms with E-state index in [2.05, 4.69) is 0 Å². The molecule has 9 heteroatoms. The molecule has 0 amide bonds. The van der Waals surface area contributed by atoms with Crippen molar-refractivity contribution in [2.24, 2.45) is 0 Å². The molecule has 29 heavy (non-hydrogen) atoms. The van der Waals surface area contributed by atoms with Crippen LogP contribution >= 0.6 is 11.6 Å². The van der Waals surface area contributed by atoms with Crippen molar-refractivity contribution in [1.29, 1.82) is 0 Å². The number of likely N-dealkylation sites (N-methyl/N-ethyl adjacent to an activating group) is 1. The van der Waals surface area contributed by atoms with Crippen LogP contribution < -0.4 is 14.2 Å². The lowest BCUT2D eigenvalue weighted by Gasteiger charge is -2.11. The Balaban J connectivity index is 2.11. The third-order valence-corrected chi connectivity index (χ3v) is 6.31. The SMILES string of the molecule is COc1ccc(S(=O)(=O)n2cc(OCCN(C)C)c3ccc(Cl)cc32)cc1OC. The molecular weight excluding hydrogens is 416 g/mol. The topological polar surface area (TPSA) is 70.0 Å². The lowest BCUT2D eigenvalue weighted by Crippen LogP contribution is -2.19. The van der Waals surface area contributed by atoms with Gasteiger partial charge in [-0.25, -0.2) is 12.4 Å². The van der Waals surface area contributed by atoms with Gasteiger partial charge < -0.3 is 19.1 Å². The molecule has 0 unspecified atom stereocenters. The van der Waals surface area contributed by atoms with E-state index in [0.29, 0.717) is 46.3 Å². The summed E-state index contributed by atoms with van der Waals surface area (Å²) in [6.07, 6.45) is 1.47. The molecule has 0 bridgehead atoms. The Bertz CT molecular complexity index is 1130. The van der Waals surface area contributed by atoms with Gasteiger partial charge in [0.15, 0.2) is 11.5 Å². The zero-order chi connectivity index (χ0) is 21.2. The summed E-state index contributed by atoms with van der Waals surface area (Å²) < 4.78 is 44.2. The van der Waals surface area contributed by atoms with Gasteiger partial charge in [0.25, 0.3) is 10.0 Å². The Hall–Kier alpha value is -2.42. The lowest BCUT2D eigenvalue weighted by molar-refractivity contribution is 0.263. The third-order valence-electron chi connectivity index (χ3n) is 4.41. The van der Waals surface area contributed by atoms with E-state index in [9.17, 15) is 8.42 Å². The highest BCUT2D eigenvalue weighted by molar-refractivity contribution is 7.90. The lowest BCUT2D eigenvalue weighted by atomic mass is 10.2. The predicted octanol–water partition coefficient (Wildman–Crippen LogP) is 3.49. The van der Waals surface area contributed by atoms with Crippen molar-refractivity contribution in [2.45, 2.75) is 4.90 Å². The highest BCUT2D eigenvalue weighted by Crippen LogP contribution is 2.35. The summed E-state index contributed by atoms with van der Waals surface area (Å²) in [6.45, 7) is 1.12. The first kappa shape index (κ1) is 21.3. The third kappa shape index (κ3) is 4.29. The van der Waals surface area contributed by atoms with Crippen LogP contribution in [0.1, 0.15) is 0 Å². The van der Waals surface area contributed by atoms with Gasteiger partial charge in [0.1, 0.15) is 12.4 Å². The van der Waals surface area contributed by atoms with Crippen LogP contribution in [0.5, 0.6) is 17.2 Å². The van der Waals surface area contributed by atoms with Gasteiger partial charge in [0.2, 0.25) is 0 Å². The quantitative estimate of drug-likeness (QED) is 0.536. The molecule has 2 aromatic carbocycles. The minimum absolute atomic E-state index is 0.0619. The van der Waals surface area contributed by atoms with E-state index in [1.54, 1.807) is 24.3 Å². The second-order valence-corrected chi connectivity index (χ2v) is 8.88. The first-order valence-electron chi connectivity index (χ1n) is 8.83. The average molecular weight is 439 g/mol. The van der Waals surface area contributed by atoms with E-state index < -0.39 is 10.0 Å². The molecule has 156 valence electrons. The Morgan fingerprint density at radius 1 is 1.00 bits per heavy atom. The normalized spacial score (nSPS) is 11.8. The van der Waals surface area contributed by atoms with Gasteiger partial charge in [-0.2, -0.15) is 0 Å². The summed E-state index contributed by atoms with van der Waals surface area (Å²) >= 11 is 6.14. The number of rotatable bonds is 8. The molecule has 1 heterocycles. The van der Waals surface area contributed by atoms with E-state index in [1.165, 1.54) is 36.5 Å². The van der Waals surface area contributed by atoms with E-state index in [-0.39, 0.29) is 4.90 Å². The number of halogens is 1. The Labute approximate surface area is 175 Å². The molecule has 3 aromatic rings. The van der Waals surface area contributed by atoms with E-state index in [4.69, 9.17) is 25.8 Å². The maximum Gasteiger partial charge on any atom is 0.268 e. The Morgan fingerprint density at radius 2 is 1.72 bits per heavy atom. The number of fused-ring (bicyclic) bond motifs is 1. The van der Waals surface area contributed by atoms with Crippen molar-refractivity contribution < 1.29 is 22.6 Å². The van der Waals surface area contributed by atoms with Crippen LogP contribution in [-0.2, 0) is 10.0 Å². The van der Waals surface area contributed by atoms with Crippen LogP contribution in [0.2, 0.25) is 5.02 Å². The fraction of sp³-hybridized carbons (Fsp3) is 0.300. The maximum atomic E-state index is 13.4. The number of hydrogen-bond donors (Lipinski definition) is 0. The van der Waals surface area contributed by atoms with Crippen LogP contribution in [0, 0.1) is 0 Å². The van der Waals surface area contributed by atoms with E-state index in [0.717, 1.165) is 0 Å². The number of methoxy groups -OCH3 is 2. The predicted molar refractivity (Wildman–Crippen MR) is 113 cm³/mol. The molecule has 3 rings (SSSR count). The zero-order valence-electron chi connectivity index (χ0n) is 16.7. The molecule has 0 saturated carbocycles. The monoisotopic (exact) mass is 438 g/mol. The van der Waals surface area contributed by atoms with Crippen molar-refractivity contribution in [2.75, 3.05) is 41.5 Å². The van der Waals surface area contributed by atoms with Crippen molar-refractivity contribution in [3.8, 4) is 17.2 Å². The maximum absolute atomic E-state index is 13.4. The molecule has 0 saturated heterocycles. The molecule has 0 N–H and O–H groups in total.